The topological polar surface area (TPSA) is 9.23 Å². The molecule has 0 aromatic heterocycles. The van der Waals surface area contributed by atoms with Crippen LogP contribution in [0.4, 0.5) is 0 Å². The Morgan fingerprint density at radius 3 is 2.22 bits per heavy atom. The smallest absolute Gasteiger partial charge is 0.0606 e. The van der Waals surface area contributed by atoms with Crippen LogP contribution in [0, 0.1) is 11.8 Å². The minimum atomic E-state index is 0.578. The van der Waals surface area contributed by atoms with Crippen LogP contribution in [0.25, 0.3) is 0 Å². The zero-order chi connectivity index (χ0) is 12.8. The van der Waals surface area contributed by atoms with Gasteiger partial charge in [-0.1, -0.05) is 39.5 Å². The summed E-state index contributed by atoms with van der Waals surface area (Å²) in [5, 5.41) is 0. The summed E-state index contributed by atoms with van der Waals surface area (Å²) in [7, 11) is 0. The zero-order valence-corrected chi connectivity index (χ0v) is 12.5. The third-order valence-electron chi connectivity index (χ3n) is 5.08. The van der Waals surface area contributed by atoms with Gasteiger partial charge in [-0.3, -0.25) is 0 Å². The van der Waals surface area contributed by atoms with Crippen molar-refractivity contribution in [3.63, 3.8) is 0 Å². The molecule has 0 bridgehead atoms. The van der Waals surface area contributed by atoms with Crippen molar-refractivity contribution >= 4 is 0 Å². The van der Waals surface area contributed by atoms with E-state index >= 15 is 0 Å². The van der Waals surface area contributed by atoms with E-state index in [-0.39, 0.29) is 0 Å². The highest BCUT2D eigenvalue weighted by Gasteiger charge is 2.27. The van der Waals surface area contributed by atoms with Crippen LogP contribution >= 0.6 is 0 Å². The molecule has 2 saturated carbocycles. The van der Waals surface area contributed by atoms with Crippen LogP contribution < -0.4 is 0 Å². The Bertz CT molecular complexity index is 212. The monoisotopic (exact) mass is 252 g/mol. The minimum Gasteiger partial charge on any atom is -0.375 e. The predicted octanol–water partition coefficient (Wildman–Crippen LogP) is 5.33. The standard InChI is InChI=1S/C17H32O/c1-3-7-17(15-8-5-4-6-9-15)18-16-12-10-14(2)11-13-16/h14-17H,3-13H2,1-2H3. The van der Waals surface area contributed by atoms with E-state index < -0.39 is 0 Å². The zero-order valence-electron chi connectivity index (χ0n) is 12.5. The number of hydrogen-bond acceptors (Lipinski definition) is 1. The molecule has 0 spiro atoms. The van der Waals surface area contributed by atoms with Crippen molar-refractivity contribution in [1.29, 1.82) is 0 Å². The Hall–Kier alpha value is -0.0400. The van der Waals surface area contributed by atoms with E-state index in [9.17, 15) is 0 Å². The van der Waals surface area contributed by atoms with Crippen molar-refractivity contribution in [1.82, 2.24) is 0 Å². The van der Waals surface area contributed by atoms with Gasteiger partial charge in [-0.05, 0) is 56.8 Å². The highest BCUT2D eigenvalue weighted by Crippen LogP contribution is 2.33. The Balaban J connectivity index is 1.81. The van der Waals surface area contributed by atoms with Crippen LogP contribution in [0.5, 0.6) is 0 Å². The molecule has 0 aliphatic heterocycles. The van der Waals surface area contributed by atoms with Gasteiger partial charge in [0.2, 0.25) is 0 Å². The lowest BCUT2D eigenvalue weighted by Crippen LogP contribution is -2.32. The fourth-order valence-electron chi connectivity index (χ4n) is 3.82. The number of rotatable bonds is 5. The first-order valence-electron chi connectivity index (χ1n) is 8.45. The molecule has 0 aromatic carbocycles. The Morgan fingerprint density at radius 1 is 0.944 bits per heavy atom. The number of ether oxygens (including phenoxy) is 1. The lowest BCUT2D eigenvalue weighted by molar-refractivity contribution is -0.0719. The lowest BCUT2D eigenvalue weighted by atomic mass is 9.83. The Kier molecular flexibility index (Phi) is 6.01. The fraction of sp³-hybridized carbons (Fsp3) is 1.00. The summed E-state index contributed by atoms with van der Waals surface area (Å²) in [6.45, 7) is 4.70. The van der Waals surface area contributed by atoms with Gasteiger partial charge in [0, 0.05) is 0 Å². The molecule has 1 heteroatoms. The van der Waals surface area contributed by atoms with Crippen molar-refractivity contribution in [2.75, 3.05) is 0 Å². The molecule has 0 radical (unpaired) electrons. The van der Waals surface area contributed by atoms with Crippen LogP contribution in [0.1, 0.15) is 84.5 Å². The molecule has 2 aliphatic rings. The van der Waals surface area contributed by atoms with E-state index in [1.807, 2.05) is 0 Å². The van der Waals surface area contributed by atoms with Gasteiger partial charge in [0.1, 0.15) is 0 Å². The van der Waals surface area contributed by atoms with E-state index in [2.05, 4.69) is 13.8 Å². The van der Waals surface area contributed by atoms with Crippen LogP contribution in [0.3, 0.4) is 0 Å². The molecule has 2 rings (SSSR count). The normalized spacial score (nSPS) is 32.3. The van der Waals surface area contributed by atoms with Gasteiger partial charge in [-0.25, -0.2) is 0 Å². The van der Waals surface area contributed by atoms with E-state index in [0.29, 0.717) is 12.2 Å². The summed E-state index contributed by atoms with van der Waals surface area (Å²) < 4.78 is 6.52. The quantitative estimate of drug-likeness (QED) is 0.642. The van der Waals surface area contributed by atoms with E-state index in [1.54, 1.807) is 0 Å². The highest BCUT2D eigenvalue weighted by molar-refractivity contribution is 4.78. The molecule has 0 amide bonds. The maximum Gasteiger partial charge on any atom is 0.0606 e. The molecule has 0 heterocycles. The predicted molar refractivity (Wildman–Crippen MR) is 77.8 cm³/mol. The molecule has 106 valence electrons. The average Bonchev–Trinajstić information content (AvgIpc) is 2.42. The molecule has 1 nitrogen and oxygen atoms in total. The van der Waals surface area contributed by atoms with Crippen LogP contribution in [-0.4, -0.2) is 12.2 Å². The summed E-state index contributed by atoms with van der Waals surface area (Å²) in [6.07, 6.45) is 16.3. The van der Waals surface area contributed by atoms with Gasteiger partial charge in [0.25, 0.3) is 0 Å². The molecule has 0 saturated heterocycles. The van der Waals surface area contributed by atoms with E-state index in [1.165, 1.54) is 70.6 Å². The van der Waals surface area contributed by atoms with Gasteiger partial charge < -0.3 is 4.74 Å². The van der Waals surface area contributed by atoms with Gasteiger partial charge in [0.05, 0.1) is 12.2 Å². The highest BCUT2D eigenvalue weighted by atomic mass is 16.5. The fourth-order valence-corrected chi connectivity index (χ4v) is 3.82. The summed E-state index contributed by atoms with van der Waals surface area (Å²) in [6, 6.07) is 0. The van der Waals surface area contributed by atoms with Crippen molar-refractivity contribution in [3.05, 3.63) is 0 Å². The molecule has 1 atom stereocenters. The molecular formula is C17H32O. The molecular weight excluding hydrogens is 220 g/mol. The first-order valence-corrected chi connectivity index (χ1v) is 8.45. The summed E-state index contributed by atoms with van der Waals surface area (Å²) in [5.74, 6) is 1.81. The van der Waals surface area contributed by atoms with Gasteiger partial charge in [-0.15, -0.1) is 0 Å². The van der Waals surface area contributed by atoms with E-state index in [4.69, 9.17) is 4.74 Å². The van der Waals surface area contributed by atoms with Crippen LogP contribution in [-0.2, 0) is 4.74 Å². The van der Waals surface area contributed by atoms with Crippen molar-refractivity contribution < 1.29 is 4.74 Å². The molecule has 1 unspecified atom stereocenters. The van der Waals surface area contributed by atoms with Gasteiger partial charge in [-0.2, -0.15) is 0 Å². The van der Waals surface area contributed by atoms with Crippen LogP contribution in [0.2, 0.25) is 0 Å². The van der Waals surface area contributed by atoms with Crippen molar-refractivity contribution in [2.24, 2.45) is 11.8 Å². The molecule has 0 N–H and O–H groups in total. The van der Waals surface area contributed by atoms with E-state index in [0.717, 1.165) is 11.8 Å². The van der Waals surface area contributed by atoms with Gasteiger partial charge in [0.15, 0.2) is 0 Å². The second kappa shape index (κ2) is 7.53. The first kappa shape index (κ1) is 14.4. The second-order valence-electron chi connectivity index (χ2n) is 6.74. The maximum atomic E-state index is 6.52. The maximum absolute atomic E-state index is 6.52. The molecule has 0 aromatic rings. The summed E-state index contributed by atoms with van der Waals surface area (Å²) in [5.41, 5.74) is 0. The van der Waals surface area contributed by atoms with Gasteiger partial charge >= 0.3 is 0 Å². The Morgan fingerprint density at radius 2 is 1.61 bits per heavy atom. The molecule has 2 aliphatic carbocycles. The Labute approximate surface area is 114 Å². The summed E-state index contributed by atoms with van der Waals surface area (Å²) >= 11 is 0. The number of hydrogen-bond donors (Lipinski definition) is 0. The second-order valence-corrected chi connectivity index (χ2v) is 6.74. The minimum absolute atomic E-state index is 0.578. The van der Waals surface area contributed by atoms with Crippen LogP contribution in [0.15, 0.2) is 0 Å². The third kappa shape index (κ3) is 4.26. The largest absolute Gasteiger partial charge is 0.375 e. The summed E-state index contributed by atoms with van der Waals surface area (Å²) in [4.78, 5) is 0. The molecule has 2 fully saturated rings. The SMILES string of the molecule is CCCC(OC1CCC(C)CC1)C1CCCCC1. The first-order chi connectivity index (χ1) is 8.79. The lowest BCUT2D eigenvalue weighted by Gasteiger charge is -2.35. The molecule has 18 heavy (non-hydrogen) atoms. The van der Waals surface area contributed by atoms with Crippen molar-refractivity contribution in [2.45, 2.75) is 96.7 Å². The third-order valence-corrected chi connectivity index (χ3v) is 5.08. The average molecular weight is 252 g/mol. The van der Waals surface area contributed by atoms with Crippen molar-refractivity contribution in [3.8, 4) is 0 Å².